The summed E-state index contributed by atoms with van der Waals surface area (Å²) < 4.78 is 3.88. The number of aromatic nitrogens is 2. The summed E-state index contributed by atoms with van der Waals surface area (Å²) in [6, 6.07) is -1.13. The molecule has 2 amide bonds. The van der Waals surface area contributed by atoms with Gasteiger partial charge in [-0.3, -0.25) is 9.59 Å². The SMILES string of the molecule is CSc1c2sc(C3=C(C(=O)[O-])N4C(=O)[C@H]([C@@H](C)O)[C@H]4[C@H]3C)cn2c[n+]1CCC(N)C(N)=O. The molecule has 0 bridgehead atoms. The van der Waals surface area contributed by atoms with Crippen LogP contribution in [0.2, 0.25) is 0 Å². The number of primary amides is 1. The summed E-state index contributed by atoms with van der Waals surface area (Å²) in [6.07, 6.45) is 5.18. The van der Waals surface area contributed by atoms with Crippen molar-refractivity contribution in [2.24, 2.45) is 23.3 Å². The molecule has 0 saturated carbocycles. The molecule has 2 aromatic rings. The molecular weight excluding hydrogens is 454 g/mol. The number of hydrogen-bond donors (Lipinski definition) is 3. The lowest BCUT2D eigenvalue weighted by molar-refractivity contribution is -0.730. The third kappa shape index (κ3) is 3.33. The third-order valence-electron chi connectivity index (χ3n) is 6.28. The lowest BCUT2D eigenvalue weighted by Gasteiger charge is -2.47. The van der Waals surface area contributed by atoms with E-state index in [2.05, 4.69) is 0 Å². The van der Waals surface area contributed by atoms with Crippen LogP contribution in [0.1, 0.15) is 25.1 Å². The summed E-state index contributed by atoms with van der Waals surface area (Å²) in [5.41, 5.74) is 11.4. The highest BCUT2D eigenvalue weighted by Crippen LogP contribution is 2.51. The van der Waals surface area contributed by atoms with Gasteiger partial charge in [0, 0.05) is 17.9 Å². The number of imidazole rings is 1. The number of hydrogen-bond acceptors (Lipinski definition) is 8. The van der Waals surface area contributed by atoms with E-state index in [1.165, 1.54) is 28.0 Å². The van der Waals surface area contributed by atoms with Crippen LogP contribution in [-0.4, -0.2) is 56.6 Å². The largest absolute Gasteiger partial charge is 0.543 e. The zero-order chi connectivity index (χ0) is 23.5. The number of carboxylic acid groups (broad SMARTS) is 1. The van der Waals surface area contributed by atoms with E-state index in [0.29, 0.717) is 18.5 Å². The van der Waals surface area contributed by atoms with Crippen LogP contribution in [0, 0.1) is 11.8 Å². The van der Waals surface area contributed by atoms with E-state index in [0.717, 1.165) is 14.7 Å². The Morgan fingerprint density at radius 3 is 2.69 bits per heavy atom. The summed E-state index contributed by atoms with van der Waals surface area (Å²) in [5, 5.41) is 23.0. The maximum Gasteiger partial charge on any atom is 0.250 e. The number of rotatable bonds is 8. The van der Waals surface area contributed by atoms with Crippen LogP contribution in [0.5, 0.6) is 0 Å². The van der Waals surface area contributed by atoms with Crippen LogP contribution < -0.4 is 21.1 Å². The van der Waals surface area contributed by atoms with Gasteiger partial charge in [0.15, 0.2) is 0 Å². The van der Waals surface area contributed by atoms with Gasteiger partial charge < -0.3 is 31.4 Å². The van der Waals surface area contributed by atoms with Crippen molar-refractivity contribution in [3.8, 4) is 0 Å². The highest BCUT2D eigenvalue weighted by atomic mass is 32.2. The number of carbonyl (C=O) groups excluding carboxylic acids is 3. The molecule has 1 fully saturated rings. The fraction of sp³-hybridized carbons (Fsp3) is 0.500. The molecule has 0 radical (unpaired) electrons. The highest BCUT2D eigenvalue weighted by Gasteiger charge is 2.59. The van der Waals surface area contributed by atoms with Crippen molar-refractivity contribution in [3.63, 3.8) is 0 Å². The van der Waals surface area contributed by atoms with Gasteiger partial charge >= 0.3 is 0 Å². The number of aliphatic hydroxyl groups excluding tert-OH is 1. The lowest BCUT2D eigenvalue weighted by Crippen LogP contribution is -2.64. The molecule has 0 aliphatic carbocycles. The molecule has 5 N–H and O–H groups in total. The molecule has 32 heavy (non-hydrogen) atoms. The molecule has 1 saturated heterocycles. The fourth-order valence-corrected chi connectivity index (χ4v) is 6.93. The van der Waals surface area contributed by atoms with Gasteiger partial charge in [0.1, 0.15) is 6.20 Å². The van der Waals surface area contributed by atoms with Crippen LogP contribution in [-0.2, 0) is 20.9 Å². The molecule has 2 aliphatic heterocycles. The predicted octanol–water partition coefficient (Wildman–Crippen LogP) is -1.47. The number of β-lactam (4-membered cyclic amide) rings is 1. The summed E-state index contributed by atoms with van der Waals surface area (Å²) in [4.78, 5) is 38.7. The number of thiazole rings is 1. The first-order chi connectivity index (χ1) is 15.1. The Kier molecular flexibility index (Phi) is 5.82. The van der Waals surface area contributed by atoms with Crippen molar-refractivity contribution < 1.29 is 29.2 Å². The van der Waals surface area contributed by atoms with Gasteiger partial charge in [-0.25, -0.2) is 4.57 Å². The summed E-state index contributed by atoms with van der Waals surface area (Å²) >= 11 is 2.95. The predicted molar refractivity (Wildman–Crippen MR) is 116 cm³/mol. The van der Waals surface area contributed by atoms with Crippen molar-refractivity contribution in [2.75, 3.05) is 6.26 Å². The number of carbonyl (C=O) groups is 3. The van der Waals surface area contributed by atoms with Crippen LogP contribution in [0.4, 0.5) is 0 Å². The molecule has 5 atom stereocenters. The monoisotopic (exact) mass is 479 g/mol. The van der Waals surface area contributed by atoms with Crippen molar-refractivity contribution in [2.45, 2.75) is 50.0 Å². The zero-order valence-electron chi connectivity index (χ0n) is 17.8. The van der Waals surface area contributed by atoms with E-state index in [9.17, 15) is 24.6 Å². The van der Waals surface area contributed by atoms with Gasteiger partial charge in [0.25, 0.3) is 6.33 Å². The molecule has 4 rings (SSSR count). The Morgan fingerprint density at radius 2 is 2.12 bits per heavy atom. The fourth-order valence-electron chi connectivity index (χ4n) is 4.73. The second kappa shape index (κ2) is 8.18. The first kappa shape index (κ1) is 22.8. The molecule has 10 nitrogen and oxygen atoms in total. The smallest absolute Gasteiger partial charge is 0.250 e. The van der Waals surface area contributed by atoms with Crippen molar-refractivity contribution >= 4 is 51.3 Å². The Hall–Kier alpha value is -2.41. The molecule has 172 valence electrons. The quantitative estimate of drug-likeness (QED) is 0.237. The van der Waals surface area contributed by atoms with Crippen LogP contribution >= 0.6 is 23.1 Å². The topological polar surface area (TPSA) is 158 Å². The number of amides is 2. The van der Waals surface area contributed by atoms with Gasteiger partial charge in [-0.05, 0) is 13.2 Å². The number of nitrogens with zero attached hydrogens (tertiary/aromatic N) is 3. The van der Waals surface area contributed by atoms with E-state index >= 15 is 0 Å². The maximum absolute atomic E-state index is 12.6. The minimum Gasteiger partial charge on any atom is -0.543 e. The Labute approximate surface area is 192 Å². The van der Waals surface area contributed by atoms with Crippen molar-refractivity contribution in [1.29, 1.82) is 0 Å². The van der Waals surface area contributed by atoms with Gasteiger partial charge in [-0.2, -0.15) is 4.40 Å². The molecule has 4 heterocycles. The van der Waals surface area contributed by atoms with E-state index in [-0.39, 0.29) is 17.5 Å². The zero-order valence-corrected chi connectivity index (χ0v) is 19.5. The van der Waals surface area contributed by atoms with E-state index in [1.54, 1.807) is 6.92 Å². The van der Waals surface area contributed by atoms with Gasteiger partial charge in [0.2, 0.25) is 21.7 Å². The molecule has 0 spiro atoms. The number of aliphatic hydroxyl groups is 1. The number of aliphatic carboxylic acids is 1. The normalized spacial score (nSPS) is 24.6. The average molecular weight is 480 g/mol. The van der Waals surface area contributed by atoms with Crippen LogP contribution in [0.15, 0.2) is 23.2 Å². The highest BCUT2D eigenvalue weighted by molar-refractivity contribution is 7.98. The number of fused-ring (bicyclic) bond motifs is 2. The van der Waals surface area contributed by atoms with E-state index < -0.39 is 36.0 Å². The lowest BCUT2D eigenvalue weighted by atomic mass is 9.77. The van der Waals surface area contributed by atoms with Gasteiger partial charge in [-0.1, -0.05) is 30.0 Å². The standard InChI is InChI=1S/C20H25N5O5S2/c1-8-12(15(20(29)30)25-14(8)13(9(2)26)17(25)28)11-6-24-7-23(5-4-10(21)16(22)27)18(31-3)19(24)32-11/h6-10,13-14,26H,4-5,21H2,1-3H3,(H2-,22,27,29,30)/t8-,9+,10?,13+,14+/m0/s1. The van der Waals surface area contributed by atoms with Crippen molar-refractivity contribution in [3.05, 3.63) is 23.1 Å². The van der Waals surface area contributed by atoms with Gasteiger partial charge in [0.05, 0.1) is 47.2 Å². The molecule has 0 aromatic carbocycles. The molecule has 2 aliphatic rings. The first-order valence-corrected chi connectivity index (χ1v) is 12.2. The molecule has 12 heteroatoms. The summed E-state index contributed by atoms with van der Waals surface area (Å²) in [5.74, 6) is -3.22. The number of aryl methyl sites for hydroxylation is 1. The molecule has 1 unspecified atom stereocenters. The Balaban J connectivity index is 1.72. The van der Waals surface area contributed by atoms with Crippen LogP contribution in [0.25, 0.3) is 10.4 Å². The Morgan fingerprint density at radius 1 is 1.44 bits per heavy atom. The van der Waals surface area contributed by atoms with Crippen molar-refractivity contribution in [1.82, 2.24) is 9.30 Å². The van der Waals surface area contributed by atoms with Gasteiger partial charge in [-0.15, -0.1) is 0 Å². The van der Waals surface area contributed by atoms with E-state index in [1.807, 2.05) is 34.7 Å². The second-order valence-electron chi connectivity index (χ2n) is 8.23. The Bertz CT molecular complexity index is 1150. The first-order valence-electron chi connectivity index (χ1n) is 10.2. The summed E-state index contributed by atoms with van der Waals surface area (Å²) in [7, 11) is 0. The number of thioether (sulfide) groups is 1. The number of carboxylic acids is 1. The summed E-state index contributed by atoms with van der Waals surface area (Å²) in [6.45, 7) is 3.93. The molecular formula is C20H25N5O5S2. The molecule has 2 aromatic heterocycles. The van der Waals surface area contributed by atoms with Crippen LogP contribution in [0.3, 0.4) is 0 Å². The van der Waals surface area contributed by atoms with E-state index in [4.69, 9.17) is 11.5 Å². The average Bonchev–Trinajstić information content (AvgIpc) is 3.32. The maximum atomic E-state index is 12.6. The second-order valence-corrected chi connectivity index (χ2v) is 10.1. The number of nitrogens with two attached hydrogens (primary N) is 2. The third-order valence-corrected chi connectivity index (χ3v) is 8.36. The minimum atomic E-state index is -1.40. The minimum absolute atomic E-state index is 0.111.